The zero-order valence-electron chi connectivity index (χ0n) is 11.4. The second kappa shape index (κ2) is 6.21. The highest BCUT2D eigenvalue weighted by molar-refractivity contribution is 5.47. The average Bonchev–Trinajstić information content (AvgIpc) is 3.19. The van der Waals surface area contributed by atoms with Crippen LogP contribution in [-0.4, -0.2) is 36.9 Å². The van der Waals surface area contributed by atoms with E-state index in [1.807, 2.05) is 0 Å². The van der Waals surface area contributed by atoms with E-state index in [0.29, 0.717) is 6.04 Å². The molecule has 1 aromatic carbocycles. The van der Waals surface area contributed by atoms with Crippen LogP contribution >= 0.6 is 0 Å². The Morgan fingerprint density at radius 1 is 1.33 bits per heavy atom. The average molecular weight is 248 g/mol. The van der Waals surface area contributed by atoms with Crippen molar-refractivity contribution in [1.82, 2.24) is 5.32 Å². The molecule has 0 radical (unpaired) electrons. The van der Waals surface area contributed by atoms with E-state index < -0.39 is 0 Å². The van der Waals surface area contributed by atoms with Crippen LogP contribution in [0.1, 0.15) is 25.3 Å². The van der Waals surface area contributed by atoms with E-state index in [9.17, 15) is 5.11 Å². The minimum Gasteiger partial charge on any atom is -0.395 e. The van der Waals surface area contributed by atoms with Crippen LogP contribution in [0, 0.1) is 6.92 Å². The molecule has 1 aliphatic carbocycles. The lowest BCUT2D eigenvalue weighted by Gasteiger charge is -2.28. The standard InChI is InChI=1S/C15H24N2O/c1-3-17(15-8-4-12(2)5-9-15)10-14(11-18)16-13-6-7-13/h4-5,8-9,13-14,16,18H,3,6-7,10-11H2,1-2H3. The smallest absolute Gasteiger partial charge is 0.0602 e. The fourth-order valence-electron chi connectivity index (χ4n) is 2.19. The van der Waals surface area contributed by atoms with Gasteiger partial charge >= 0.3 is 0 Å². The first-order valence-electron chi connectivity index (χ1n) is 6.91. The lowest BCUT2D eigenvalue weighted by molar-refractivity contribution is 0.242. The molecule has 1 aliphatic rings. The molecule has 2 rings (SSSR count). The van der Waals surface area contributed by atoms with Crippen LogP contribution in [0.4, 0.5) is 5.69 Å². The molecule has 0 saturated heterocycles. The largest absolute Gasteiger partial charge is 0.395 e. The maximum atomic E-state index is 9.45. The highest BCUT2D eigenvalue weighted by Crippen LogP contribution is 2.20. The zero-order valence-corrected chi connectivity index (χ0v) is 11.4. The molecule has 1 unspecified atom stereocenters. The van der Waals surface area contributed by atoms with Gasteiger partial charge in [-0.25, -0.2) is 0 Å². The molecule has 1 saturated carbocycles. The number of aryl methyl sites for hydroxylation is 1. The number of benzene rings is 1. The molecule has 0 spiro atoms. The van der Waals surface area contributed by atoms with E-state index in [1.54, 1.807) is 0 Å². The summed E-state index contributed by atoms with van der Waals surface area (Å²) < 4.78 is 0. The molecule has 0 bridgehead atoms. The number of likely N-dealkylation sites (N-methyl/N-ethyl adjacent to an activating group) is 1. The monoisotopic (exact) mass is 248 g/mol. The Hall–Kier alpha value is -1.06. The molecule has 2 N–H and O–H groups in total. The first kappa shape index (κ1) is 13.4. The van der Waals surface area contributed by atoms with E-state index in [1.165, 1.54) is 24.1 Å². The molecule has 0 heterocycles. The molecule has 3 nitrogen and oxygen atoms in total. The maximum absolute atomic E-state index is 9.45. The maximum Gasteiger partial charge on any atom is 0.0602 e. The third-order valence-electron chi connectivity index (χ3n) is 3.49. The van der Waals surface area contributed by atoms with Crippen molar-refractivity contribution in [3.63, 3.8) is 0 Å². The van der Waals surface area contributed by atoms with Crippen LogP contribution in [0.15, 0.2) is 24.3 Å². The molecule has 1 atom stereocenters. The first-order valence-corrected chi connectivity index (χ1v) is 6.91. The quantitative estimate of drug-likeness (QED) is 0.774. The van der Waals surface area contributed by atoms with E-state index in [2.05, 4.69) is 48.3 Å². The van der Waals surface area contributed by atoms with Gasteiger partial charge in [0.25, 0.3) is 0 Å². The van der Waals surface area contributed by atoms with Crippen LogP contribution in [0.25, 0.3) is 0 Å². The molecule has 0 aromatic heterocycles. The molecule has 100 valence electrons. The minimum atomic E-state index is 0.179. The summed E-state index contributed by atoms with van der Waals surface area (Å²) in [4.78, 5) is 2.32. The SMILES string of the molecule is CCN(CC(CO)NC1CC1)c1ccc(C)cc1. The Balaban J connectivity index is 1.96. The molecule has 0 aliphatic heterocycles. The summed E-state index contributed by atoms with van der Waals surface area (Å²) >= 11 is 0. The minimum absolute atomic E-state index is 0.179. The number of hydrogen-bond donors (Lipinski definition) is 2. The molecule has 3 heteroatoms. The Morgan fingerprint density at radius 3 is 2.50 bits per heavy atom. The number of hydrogen-bond acceptors (Lipinski definition) is 3. The van der Waals surface area contributed by atoms with Crippen molar-refractivity contribution in [1.29, 1.82) is 0 Å². The van der Waals surface area contributed by atoms with Crippen molar-refractivity contribution in [3.05, 3.63) is 29.8 Å². The van der Waals surface area contributed by atoms with Gasteiger partial charge in [0.15, 0.2) is 0 Å². The van der Waals surface area contributed by atoms with Crippen molar-refractivity contribution in [2.24, 2.45) is 0 Å². The van der Waals surface area contributed by atoms with Gasteiger partial charge in [0.2, 0.25) is 0 Å². The van der Waals surface area contributed by atoms with Gasteiger partial charge in [-0.2, -0.15) is 0 Å². The van der Waals surface area contributed by atoms with Gasteiger partial charge in [-0.05, 0) is 38.8 Å². The van der Waals surface area contributed by atoms with Gasteiger partial charge in [-0.3, -0.25) is 0 Å². The Labute approximate surface area is 110 Å². The summed E-state index contributed by atoms with van der Waals surface area (Å²) in [6.45, 7) is 6.30. The van der Waals surface area contributed by atoms with E-state index in [4.69, 9.17) is 0 Å². The highest BCUT2D eigenvalue weighted by atomic mass is 16.3. The third kappa shape index (κ3) is 3.72. The van der Waals surface area contributed by atoms with Gasteiger partial charge in [-0.15, -0.1) is 0 Å². The molecule has 18 heavy (non-hydrogen) atoms. The topological polar surface area (TPSA) is 35.5 Å². The van der Waals surface area contributed by atoms with Gasteiger partial charge in [0.05, 0.1) is 6.61 Å². The Bertz CT molecular complexity index is 359. The van der Waals surface area contributed by atoms with Crippen LogP contribution in [0.2, 0.25) is 0 Å². The molecule has 0 amide bonds. The third-order valence-corrected chi connectivity index (χ3v) is 3.49. The molecular weight excluding hydrogens is 224 g/mol. The molecule has 1 aromatic rings. The summed E-state index contributed by atoms with van der Waals surface area (Å²) in [5.74, 6) is 0. The summed E-state index contributed by atoms with van der Waals surface area (Å²) in [5, 5.41) is 12.9. The predicted molar refractivity (Wildman–Crippen MR) is 76.1 cm³/mol. The Kier molecular flexibility index (Phi) is 4.61. The summed E-state index contributed by atoms with van der Waals surface area (Å²) in [6, 6.07) is 9.41. The van der Waals surface area contributed by atoms with Gasteiger partial charge in [-0.1, -0.05) is 17.7 Å². The number of nitrogens with one attached hydrogen (secondary N) is 1. The van der Waals surface area contributed by atoms with Crippen molar-refractivity contribution >= 4 is 5.69 Å². The fraction of sp³-hybridized carbons (Fsp3) is 0.600. The van der Waals surface area contributed by atoms with E-state index >= 15 is 0 Å². The first-order chi connectivity index (χ1) is 8.72. The lowest BCUT2D eigenvalue weighted by Crippen LogP contribution is -2.44. The van der Waals surface area contributed by atoms with Crippen molar-refractivity contribution in [2.45, 2.75) is 38.8 Å². The van der Waals surface area contributed by atoms with Crippen LogP contribution in [0.5, 0.6) is 0 Å². The second-order valence-electron chi connectivity index (χ2n) is 5.19. The van der Waals surface area contributed by atoms with Gasteiger partial charge in [0, 0.05) is 30.9 Å². The van der Waals surface area contributed by atoms with E-state index in [0.717, 1.165) is 13.1 Å². The van der Waals surface area contributed by atoms with Crippen molar-refractivity contribution < 1.29 is 5.11 Å². The van der Waals surface area contributed by atoms with E-state index in [-0.39, 0.29) is 12.6 Å². The van der Waals surface area contributed by atoms with Gasteiger partial charge in [0.1, 0.15) is 0 Å². The normalized spacial score (nSPS) is 16.6. The van der Waals surface area contributed by atoms with Crippen LogP contribution < -0.4 is 10.2 Å². The number of rotatable bonds is 7. The summed E-state index contributed by atoms with van der Waals surface area (Å²) in [7, 11) is 0. The fourth-order valence-corrected chi connectivity index (χ4v) is 2.19. The Morgan fingerprint density at radius 2 is 2.00 bits per heavy atom. The highest BCUT2D eigenvalue weighted by Gasteiger charge is 2.25. The molecular formula is C15H24N2O. The lowest BCUT2D eigenvalue weighted by atomic mass is 10.2. The van der Waals surface area contributed by atoms with Crippen LogP contribution in [-0.2, 0) is 0 Å². The number of aliphatic hydroxyl groups is 1. The number of aliphatic hydroxyl groups excluding tert-OH is 1. The predicted octanol–water partition coefficient (Wildman–Crippen LogP) is 1.93. The van der Waals surface area contributed by atoms with Crippen LogP contribution in [0.3, 0.4) is 0 Å². The zero-order chi connectivity index (χ0) is 13.0. The second-order valence-corrected chi connectivity index (χ2v) is 5.19. The summed E-state index contributed by atoms with van der Waals surface area (Å²) in [6.07, 6.45) is 2.51. The van der Waals surface area contributed by atoms with Crippen molar-refractivity contribution in [2.75, 3.05) is 24.6 Å². The number of nitrogens with zero attached hydrogens (tertiary/aromatic N) is 1. The number of anilines is 1. The molecule has 1 fully saturated rings. The van der Waals surface area contributed by atoms with Gasteiger partial charge < -0.3 is 15.3 Å². The summed E-state index contributed by atoms with van der Waals surface area (Å²) in [5.41, 5.74) is 2.52. The van der Waals surface area contributed by atoms with Crippen molar-refractivity contribution in [3.8, 4) is 0 Å².